The van der Waals surface area contributed by atoms with Gasteiger partial charge in [-0.2, -0.15) is 0 Å². The molecule has 2 aliphatic carbocycles. The van der Waals surface area contributed by atoms with E-state index in [1.807, 2.05) is 28.8 Å². The van der Waals surface area contributed by atoms with Gasteiger partial charge in [-0.15, -0.1) is 0 Å². The van der Waals surface area contributed by atoms with Crippen LogP contribution in [-0.2, 0) is 0 Å². The van der Waals surface area contributed by atoms with Crippen molar-refractivity contribution in [3.05, 3.63) is 39.8 Å². The predicted octanol–water partition coefficient (Wildman–Crippen LogP) is 5.87. The third-order valence-electron chi connectivity index (χ3n) is 7.93. The topological polar surface area (TPSA) is 46.9 Å². The van der Waals surface area contributed by atoms with Gasteiger partial charge in [-0.25, -0.2) is 4.98 Å². The summed E-state index contributed by atoms with van der Waals surface area (Å²) in [7, 11) is 0. The molecule has 5 heteroatoms. The Balaban J connectivity index is 0.000000178. The third kappa shape index (κ3) is 4.31. The third-order valence-corrected chi connectivity index (χ3v) is 8.17. The summed E-state index contributed by atoms with van der Waals surface area (Å²) in [5, 5.41) is 3.75. The van der Waals surface area contributed by atoms with Gasteiger partial charge in [-0.1, -0.05) is 68.7 Å². The molecule has 2 aromatic rings. The second-order valence-electron chi connectivity index (χ2n) is 10.0. The van der Waals surface area contributed by atoms with E-state index in [9.17, 15) is 4.79 Å². The van der Waals surface area contributed by atoms with E-state index in [1.54, 1.807) is 32.1 Å². The molecule has 4 bridgehead atoms. The van der Waals surface area contributed by atoms with Gasteiger partial charge in [-0.05, 0) is 56.1 Å². The van der Waals surface area contributed by atoms with Crippen molar-refractivity contribution in [2.45, 2.75) is 95.2 Å². The highest BCUT2D eigenvalue weighted by Crippen LogP contribution is 2.39. The Morgan fingerprint density at radius 3 is 2.10 bits per heavy atom. The Hall–Kier alpha value is -1.39. The smallest absolute Gasteiger partial charge is 0.288 e. The molecule has 0 spiro atoms. The average molecular weight is 428 g/mol. The maximum atomic E-state index is 12.5. The van der Waals surface area contributed by atoms with Crippen LogP contribution in [0.4, 0.5) is 0 Å². The van der Waals surface area contributed by atoms with Gasteiger partial charge < -0.3 is 9.88 Å². The van der Waals surface area contributed by atoms with Crippen LogP contribution in [0.3, 0.4) is 0 Å². The van der Waals surface area contributed by atoms with E-state index >= 15 is 0 Å². The van der Waals surface area contributed by atoms with E-state index in [-0.39, 0.29) is 16.8 Å². The second-order valence-corrected chi connectivity index (χ2v) is 10.4. The van der Waals surface area contributed by atoms with Crippen molar-refractivity contribution in [3.63, 3.8) is 0 Å². The van der Waals surface area contributed by atoms with Crippen LogP contribution in [-0.4, -0.2) is 21.6 Å². The second kappa shape index (κ2) is 9.00. The highest BCUT2D eigenvalue weighted by molar-refractivity contribution is 6.29. The molecule has 2 atom stereocenters. The van der Waals surface area contributed by atoms with E-state index in [2.05, 4.69) is 10.3 Å². The molecule has 4 aliphatic rings. The van der Waals surface area contributed by atoms with Crippen molar-refractivity contribution in [1.82, 2.24) is 14.9 Å². The fourth-order valence-electron chi connectivity index (χ4n) is 6.56. The number of fused-ring (bicyclic) bond motifs is 5. The normalized spacial score (nSPS) is 32.9. The van der Waals surface area contributed by atoms with Crippen molar-refractivity contribution in [2.75, 3.05) is 0 Å². The number of nitrogens with one attached hydrogen (secondary N) is 1. The lowest BCUT2D eigenvalue weighted by molar-refractivity contribution is 0.189. The van der Waals surface area contributed by atoms with Crippen molar-refractivity contribution in [3.8, 4) is 0 Å². The van der Waals surface area contributed by atoms with Crippen LogP contribution >= 0.6 is 11.6 Å². The minimum absolute atomic E-state index is 0.0809. The SMILES string of the molecule is C1CC2CCCC(C1)C2.O=c1c(Cl)nc2ccccc2n1C1CC2CCCC(C1)N2. The van der Waals surface area contributed by atoms with Crippen LogP contribution in [0.1, 0.15) is 83.1 Å². The Morgan fingerprint density at radius 2 is 1.47 bits per heavy atom. The van der Waals surface area contributed by atoms with Crippen molar-refractivity contribution < 1.29 is 0 Å². The Bertz CT molecular complexity index is 910. The van der Waals surface area contributed by atoms with E-state index in [0.717, 1.165) is 35.7 Å². The van der Waals surface area contributed by atoms with Gasteiger partial charge in [-0.3, -0.25) is 4.79 Å². The lowest BCUT2D eigenvalue weighted by Gasteiger charge is -2.41. The molecule has 162 valence electrons. The molecular weight excluding hydrogens is 394 g/mol. The lowest BCUT2D eigenvalue weighted by Crippen LogP contribution is -2.50. The number of hydrogen-bond donors (Lipinski definition) is 1. The first kappa shape index (κ1) is 20.5. The Morgan fingerprint density at radius 1 is 0.867 bits per heavy atom. The zero-order valence-electron chi connectivity index (χ0n) is 17.9. The highest BCUT2D eigenvalue weighted by Gasteiger charge is 2.33. The van der Waals surface area contributed by atoms with E-state index in [0.29, 0.717) is 12.1 Å². The molecule has 0 radical (unpaired) electrons. The summed E-state index contributed by atoms with van der Waals surface area (Å²) >= 11 is 6.07. The molecule has 3 heterocycles. The number of para-hydroxylation sites is 2. The minimum atomic E-state index is -0.152. The number of halogens is 1. The minimum Gasteiger partial charge on any atom is -0.311 e. The van der Waals surface area contributed by atoms with Gasteiger partial charge in [0.25, 0.3) is 5.56 Å². The van der Waals surface area contributed by atoms with Gasteiger partial charge in [0, 0.05) is 18.1 Å². The summed E-state index contributed by atoms with van der Waals surface area (Å²) < 4.78 is 1.89. The fraction of sp³-hybridized carbons (Fsp3) is 0.680. The number of nitrogens with zero attached hydrogens (tertiary/aromatic N) is 2. The summed E-state index contributed by atoms with van der Waals surface area (Å²) in [6.45, 7) is 0. The molecule has 2 saturated carbocycles. The van der Waals surface area contributed by atoms with Crippen molar-refractivity contribution >= 4 is 22.6 Å². The Labute approximate surface area is 184 Å². The summed E-state index contributed by atoms with van der Waals surface area (Å²) in [6, 6.07) is 9.05. The largest absolute Gasteiger partial charge is 0.311 e. The van der Waals surface area contributed by atoms with E-state index in [4.69, 9.17) is 11.6 Å². The summed E-state index contributed by atoms with van der Waals surface area (Å²) in [5.74, 6) is 2.30. The quantitative estimate of drug-likeness (QED) is 0.618. The van der Waals surface area contributed by atoms with Crippen molar-refractivity contribution in [2.24, 2.45) is 11.8 Å². The number of benzene rings is 1. The number of piperidine rings is 2. The molecule has 4 nitrogen and oxygen atoms in total. The molecule has 2 aliphatic heterocycles. The lowest BCUT2D eigenvalue weighted by atomic mass is 9.72. The van der Waals surface area contributed by atoms with Gasteiger partial charge in [0.05, 0.1) is 11.0 Å². The van der Waals surface area contributed by atoms with E-state index < -0.39 is 0 Å². The van der Waals surface area contributed by atoms with Crippen LogP contribution in [0.25, 0.3) is 11.0 Å². The van der Waals surface area contributed by atoms with Gasteiger partial charge >= 0.3 is 0 Å². The van der Waals surface area contributed by atoms with Crippen LogP contribution in [0, 0.1) is 11.8 Å². The van der Waals surface area contributed by atoms with Crippen LogP contribution in [0.2, 0.25) is 5.15 Å². The standard InChI is InChI=1S/C16H18ClN3O.C9H16/c17-15-16(21)20(14-7-2-1-6-13(14)19-15)12-8-10-4-3-5-11(9-12)18-10;1-3-8-5-2-6-9(4-1)7-8/h1-2,6-7,10-12,18H,3-5,8-9H2;8-9H,1-7H2. The van der Waals surface area contributed by atoms with Crippen LogP contribution in [0.15, 0.2) is 29.1 Å². The fourth-order valence-corrected chi connectivity index (χ4v) is 6.74. The number of aromatic nitrogens is 2. The molecule has 2 unspecified atom stereocenters. The van der Waals surface area contributed by atoms with Crippen LogP contribution < -0.4 is 10.9 Å². The predicted molar refractivity (Wildman–Crippen MR) is 123 cm³/mol. The summed E-state index contributed by atoms with van der Waals surface area (Å²) in [6.07, 6.45) is 16.6. The van der Waals surface area contributed by atoms with Gasteiger partial charge in [0.15, 0.2) is 5.15 Å². The first-order valence-electron chi connectivity index (χ1n) is 12.1. The number of rotatable bonds is 1. The molecular formula is C25H34ClN3O. The van der Waals surface area contributed by atoms with Crippen LogP contribution in [0.5, 0.6) is 0 Å². The average Bonchev–Trinajstić information content (AvgIpc) is 2.75. The zero-order valence-corrected chi connectivity index (χ0v) is 18.6. The highest BCUT2D eigenvalue weighted by atomic mass is 35.5. The van der Waals surface area contributed by atoms with E-state index in [1.165, 1.54) is 32.1 Å². The first-order valence-corrected chi connectivity index (χ1v) is 12.5. The van der Waals surface area contributed by atoms with Gasteiger partial charge in [0.2, 0.25) is 0 Å². The molecule has 30 heavy (non-hydrogen) atoms. The molecule has 2 saturated heterocycles. The van der Waals surface area contributed by atoms with Gasteiger partial charge in [0.1, 0.15) is 0 Å². The maximum Gasteiger partial charge on any atom is 0.288 e. The summed E-state index contributed by atoms with van der Waals surface area (Å²) in [5.41, 5.74) is 1.54. The molecule has 6 rings (SSSR count). The Kier molecular flexibility index (Phi) is 6.15. The zero-order chi connectivity index (χ0) is 20.5. The van der Waals surface area contributed by atoms with Crippen molar-refractivity contribution in [1.29, 1.82) is 0 Å². The number of hydrogen-bond acceptors (Lipinski definition) is 3. The molecule has 1 aromatic heterocycles. The monoisotopic (exact) mass is 427 g/mol. The molecule has 4 fully saturated rings. The molecule has 0 amide bonds. The summed E-state index contributed by atoms with van der Waals surface area (Å²) in [4.78, 5) is 16.8. The molecule has 1 N–H and O–H groups in total. The maximum absolute atomic E-state index is 12.5. The molecule has 1 aromatic carbocycles. The first-order chi connectivity index (χ1) is 14.7.